The zero-order valence-electron chi connectivity index (χ0n) is 15.9. The molecule has 0 bridgehead atoms. The minimum Gasteiger partial charge on any atom is -0.348 e. The molecule has 4 heterocycles. The lowest BCUT2D eigenvalue weighted by molar-refractivity contribution is -0.127. The average molecular weight is 382 g/mol. The second-order valence-corrected chi connectivity index (χ2v) is 8.14. The van der Waals surface area contributed by atoms with Crippen LogP contribution in [0.1, 0.15) is 13.3 Å². The highest BCUT2D eigenvalue weighted by atomic mass is 19.1. The van der Waals surface area contributed by atoms with Crippen molar-refractivity contribution in [3.8, 4) is 0 Å². The first-order valence-corrected chi connectivity index (χ1v) is 9.87. The predicted octanol–water partition coefficient (Wildman–Crippen LogP) is -2.20. The van der Waals surface area contributed by atoms with Crippen molar-refractivity contribution in [2.45, 2.75) is 50.1 Å². The first-order valence-electron chi connectivity index (χ1n) is 9.87. The summed E-state index contributed by atoms with van der Waals surface area (Å²) in [7, 11) is 2.12. The van der Waals surface area contributed by atoms with Crippen LogP contribution in [0.25, 0.3) is 0 Å². The van der Waals surface area contributed by atoms with Gasteiger partial charge in [0.2, 0.25) is 5.91 Å². The number of nitrogens with two attached hydrogens (primary N) is 1. The summed E-state index contributed by atoms with van der Waals surface area (Å²) in [5.74, 6) is -0.297. The van der Waals surface area contributed by atoms with Crippen molar-refractivity contribution in [1.82, 2.24) is 31.3 Å². The number of hydrazine groups is 1. The van der Waals surface area contributed by atoms with E-state index in [1.165, 1.54) is 0 Å². The minimum atomic E-state index is -0.968. The molecule has 6 N–H and O–H groups in total. The number of carbonyl (C=O) groups excluding carboxylic acids is 1. The van der Waals surface area contributed by atoms with E-state index in [1.807, 2.05) is 6.21 Å². The Balaban J connectivity index is 1.44. The SMILES string of the molecule is CC1NCC(C2CCN=CC2NC(=O)C2C(N)NN3CC(F)CNC23)N1C. The first-order chi connectivity index (χ1) is 13.0. The highest BCUT2D eigenvalue weighted by Gasteiger charge is 2.48. The van der Waals surface area contributed by atoms with Crippen molar-refractivity contribution in [1.29, 1.82) is 0 Å². The van der Waals surface area contributed by atoms with E-state index in [1.54, 1.807) is 5.01 Å². The number of nitrogens with zero attached hydrogens (tertiary/aromatic N) is 3. The molecule has 0 aromatic carbocycles. The molecule has 0 aliphatic carbocycles. The zero-order chi connectivity index (χ0) is 19.1. The lowest BCUT2D eigenvalue weighted by Crippen LogP contribution is -2.60. The van der Waals surface area contributed by atoms with Crippen molar-refractivity contribution >= 4 is 12.1 Å². The summed E-state index contributed by atoms with van der Waals surface area (Å²) >= 11 is 0. The third kappa shape index (κ3) is 3.62. The van der Waals surface area contributed by atoms with E-state index in [0.717, 1.165) is 19.5 Å². The fourth-order valence-corrected chi connectivity index (χ4v) is 4.84. The van der Waals surface area contributed by atoms with Crippen LogP contribution in [-0.2, 0) is 4.79 Å². The van der Waals surface area contributed by atoms with Crippen molar-refractivity contribution < 1.29 is 9.18 Å². The molecular weight excluding hydrogens is 351 g/mol. The van der Waals surface area contributed by atoms with Crippen molar-refractivity contribution in [2.24, 2.45) is 22.6 Å². The van der Waals surface area contributed by atoms with Gasteiger partial charge in [-0.3, -0.25) is 20.0 Å². The van der Waals surface area contributed by atoms with E-state index >= 15 is 0 Å². The summed E-state index contributed by atoms with van der Waals surface area (Å²) in [6, 6.07) is 0.230. The third-order valence-corrected chi connectivity index (χ3v) is 6.50. The van der Waals surface area contributed by atoms with Gasteiger partial charge < -0.3 is 16.4 Å². The molecule has 3 saturated heterocycles. The molecule has 10 heteroatoms. The summed E-state index contributed by atoms with van der Waals surface area (Å²) in [6.45, 7) is 4.32. The molecule has 8 unspecified atom stereocenters. The smallest absolute Gasteiger partial charge is 0.229 e. The number of alkyl halides is 1. The van der Waals surface area contributed by atoms with E-state index in [9.17, 15) is 9.18 Å². The standard InChI is InChI=1S/C17H31FN8O/c1-9-21-7-13(25(9)2)11-3-4-20-6-12(11)23-17(27)14-15(19)24-26-8-10(18)5-22-16(14)26/h6,9-16,21-22,24H,3-5,7-8,19H2,1-2H3,(H,23,27). The number of nitrogens with one attached hydrogen (secondary N) is 4. The predicted molar refractivity (Wildman–Crippen MR) is 100 cm³/mol. The Kier molecular flexibility index (Phi) is 5.45. The van der Waals surface area contributed by atoms with Gasteiger partial charge in [0.25, 0.3) is 0 Å². The highest BCUT2D eigenvalue weighted by Crippen LogP contribution is 2.26. The number of hydrogen-bond donors (Lipinski definition) is 5. The number of hydrogen-bond acceptors (Lipinski definition) is 8. The van der Waals surface area contributed by atoms with E-state index in [-0.39, 0.29) is 31.2 Å². The normalized spacial score (nSPS) is 45.8. The van der Waals surface area contributed by atoms with E-state index in [2.05, 4.69) is 45.2 Å². The number of halogens is 1. The Hall–Kier alpha value is -1.17. The van der Waals surface area contributed by atoms with Gasteiger partial charge in [0.1, 0.15) is 6.17 Å². The lowest BCUT2D eigenvalue weighted by Gasteiger charge is -2.37. The molecule has 1 amide bonds. The summed E-state index contributed by atoms with van der Waals surface area (Å²) in [5.41, 5.74) is 9.19. The van der Waals surface area contributed by atoms with Crippen LogP contribution >= 0.6 is 0 Å². The maximum absolute atomic E-state index is 13.6. The van der Waals surface area contributed by atoms with Gasteiger partial charge in [-0.25, -0.2) is 14.8 Å². The Morgan fingerprint density at radius 1 is 1.37 bits per heavy atom. The second-order valence-electron chi connectivity index (χ2n) is 8.14. The molecule has 0 spiro atoms. The zero-order valence-corrected chi connectivity index (χ0v) is 15.9. The molecule has 152 valence electrons. The van der Waals surface area contributed by atoms with Crippen LogP contribution < -0.4 is 27.1 Å². The molecule has 4 aliphatic heterocycles. The molecular formula is C17H31FN8O. The maximum Gasteiger partial charge on any atom is 0.229 e. The Labute approximate surface area is 159 Å². The topological polar surface area (TPSA) is 110 Å². The van der Waals surface area contributed by atoms with Gasteiger partial charge in [-0.05, 0) is 20.4 Å². The molecule has 9 nitrogen and oxygen atoms in total. The van der Waals surface area contributed by atoms with Crippen LogP contribution in [0.4, 0.5) is 4.39 Å². The van der Waals surface area contributed by atoms with Crippen LogP contribution in [0.5, 0.6) is 0 Å². The molecule has 0 aromatic rings. The van der Waals surface area contributed by atoms with Gasteiger partial charge in [0, 0.05) is 44.4 Å². The molecule has 0 saturated carbocycles. The van der Waals surface area contributed by atoms with Gasteiger partial charge in [-0.2, -0.15) is 0 Å². The van der Waals surface area contributed by atoms with Crippen LogP contribution in [0.2, 0.25) is 0 Å². The number of carbonyl (C=O) groups is 1. The van der Waals surface area contributed by atoms with Gasteiger partial charge in [-0.1, -0.05) is 0 Å². The van der Waals surface area contributed by atoms with Gasteiger partial charge >= 0.3 is 0 Å². The molecule has 0 radical (unpaired) electrons. The Bertz CT molecular complexity index is 591. The summed E-state index contributed by atoms with van der Waals surface area (Å²) in [4.78, 5) is 19.8. The number of aliphatic imine (C=N–C) groups is 1. The van der Waals surface area contributed by atoms with Crippen molar-refractivity contribution in [3.05, 3.63) is 0 Å². The Morgan fingerprint density at radius 3 is 2.93 bits per heavy atom. The molecule has 8 atom stereocenters. The quantitative estimate of drug-likeness (QED) is 0.377. The number of fused-ring (bicyclic) bond motifs is 1. The van der Waals surface area contributed by atoms with Crippen molar-refractivity contribution in [3.63, 3.8) is 0 Å². The number of likely N-dealkylation sites (N-methyl/N-ethyl adjacent to an activating group) is 1. The number of amides is 1. The summed E-state index contributed by atoms with van der Waals surface area (Å²) in [6.07, 6.45) is 1.35. The molecule has 3 fully saturated rings. The fraction of sp³-hybridized carbons (Fsp3) is 0.882. The van der Waals surface area contributed by atoms with E-state index in [4.69, 9.17) is 5.73 Å². The van der Waals surface area contributed by atoms with Crippen LogP contribution in [0, 0.1) is 11.8 Å². The van der Waals surface area contributed by atoms with E-state index in [0.29, 0.717) is 18.1 Å². The van der Waals surface area contributed by atoms with Gasteiger partial charge in [0.05, 0.1) is 30.5 Å². The largest absolute Gasteiger partial charge is 0.348 e. The summed E-state index contributed by atoms with van der Waals surface area (Å²) < 4.78 is 13.6. The van der Waals surface area contributed by atoms with E-state index < -0.39 is 18.3 Å². The average Bonchev–Trinajstić information content (AvgIpc) is 3.14. The lowest BCUT2D eigenvalue weighted by atomic mass is 9.86. The van der Waals surface area contributed by atoms with Crippen LogP contribution in [0.15, 0.2) is 4.99 Å². The summed E-state index contributed by atoms with van der Waals surface area (Å²) in [5, 5.41) is 11.5. The number of rotatable bonds is 3. The van der Waals surface area contributed by atoms with Crippen LogP contribution in [0.3, 0.4) is 0 Å². The highest BCUT2D eigenvalue weighted by molar-refractivity contribution is 5.84. The Morgan fingerprint density at radius 2 is 2.19 bits per heavy atom. The molecule has 4 aliphatic rings. The second kappa shape index (κ2) is 7.69. The molecule has 27 heavy (non-hydrogen) atoms. The fourth-order valence-electron chi connectivity index (χ4n) is 4.84. The monoisotopic (exact) mass is 382 g/mol. The minimum absolute atomic E-state index is 0.114. The maximum atomic E-state index is 13.6. The molecule has 0 aromatic heterocycles. The first kappa shape index (κ1) is 19.2. The van der Waals surface area contributed by atoms with Crippen molar-refractivity contribution in [2.75, 3.05) is 33.2 Å². The molecule has 4 rings (SSSR count). The van der Waals surface area contributed by atoms with Gasteiger partial charge in [0.15, 0.2) is 0 Å². The van der Waals surface area contributed by atoms with Gasteiger partial charge in [-0.15, -0.1) is 0 Å². The third-order valence-electron chi connectivity index (χ3n) is 6.50. The van der Waals surface area contributed by atoms with Crippen LogP contribution in [-0.4, -0.2) is 92.0 Å².